The third kappa shape index (κ3) is 3.02. The molecule has 6 nitrogen and oxygen atoms in total. The maximum atomic E-state index is 5.62. The fraction of sp³-hybridized carbons (Fsp3) is 0.714. The lowest BCUT2D eigenvalue weighted by molar-refractivity contribution is 0.147. The van der Waals surface area contributed by atoms with E-state index in [9.17, 15) is 0 Å². The molecule has 20 heavy (non-hydrogen) atoms. The Labute approximate surface area is 120 Å². The first-order valence-electron chi connectivity index (χ1n) is 7.41. The molecular weight excluding hydrogens is 254 g/mol. The van der Waals surface area contributed by atoms with Crippen LogP contribution in [-0.4, -0.2) is 66.3 Å². The van der Waals surface area contributed by atoms with Crippen molar-refractivity contribution in [3.05, 3.63) is 12.4 Å². The monoisotopic (exact) mass is 277 g/mol. The molecule has 0 aliphatic carbocycles. The van der Waals surface area contributed by atoms with Gasteiger partial charge < -0.3 is 15.0 Å². The van der Waals surface area contributed by atoms with E-state index in [4.69, 9.17) is 4.74 Å². The van der Waals surface area contributed by atoms with Crippen molar-refractivity contribution in [3.63, 3.8) is 0 Å². The number of nitrogens with zero attached hydrogens (tertiary/aromatic N) is 4. The first-order chi connectivity index (χ1) is 9.72. The van der Waals surface area contributed by atoms with E-state index in [0.29, 0.717) is 11.9 Å². The summed E-state index contributed by atoms with van der Waals surface area (Å²) in [7, 11) is 0. The molecule has 1 aromatic rings. The van der Waals surface area contributed by atoms with Gasteiger partial charge in [-0.25, -0.2) is 9.97 Å². The number of nitrogens with one attached hydrogen (secondary N) is 1. The Morgan fingerprint density at radius 2 is 2.00 bits per heavy atom. The summed E-state index contributed by atoms with van der Waals surface area (Å²) in [6.45, 7) is 10.6. The van der Waals surface area contributed by atoms with E-state index in [1.54, 1.807) is 6.33 Å². The molecule has 3 heterocycles. The zero-order valence-corrected chi connectivity index (χ0v) is 12.2. The van der Waals surface area contributed by atoms with Crippen LogP contribution in [0.2, 0.25) is 0 Å². The second kappa shape index (κ2) is 5.93. The van der Waals surface area contributed by atoms with Crippen LogP contribution in [0.5, 0.6) is 5.88 Å². The van der Waals surface area contributed by atoms with Crippen molar-refractivity contribution in [2.45, 2.75) is 26.0 Å². The largest absolute Gasteiger partial charge is 0.475 e. The van der Waals surface area contributed by atoms with Gasteiger partial charge in [-0.2, -0.15) is 0 Å². The topological polar surface area (TPSA) is 53.5 Å². The van der Waals surface area contributed by atoms with Crippen LogP contribution >= 0.6 is 0 Å². The van der Waals surface area contributed by atoms with E-state index in [-0.39, 0.29) is 6.10 Å². The first-order valence-corrected chi connectivity index (χ1v) is 7.41. The van der Waals surface area contributed by atoms with Gasteiger partial charge in [-0.1, -0.05) is 0 Å². The minimum atomic E-state index is 0.141. The van der Waals surface area contributed by atoms with Crippen LogP contribution in [0.3, 0.4) is 0 Å². The Bertz CT molecular complexity index is 441. The van der Waals surface area contributed by atoms with Gasteiger partial charge in [0.15, 0.2) is 0 Å². The van der Waals surface area contributed by atoms with E-state index in [2.05, 4.69) is 25.1 Å². The molecule has 2 saturated heterocycles. The van der Waals surface area contributed by atoms with Crippen LogP contribution in [0.25, 0.3) is 0 Å². The second-order valence-corrected chi connectivity index (χ2v) is 5.73. The van der Waals surface area contributed by atoms with E-state index in [1.165, 1.54) is 0 Å². The summed E-state index contributed by atoms with van der Waals surface area (Å²) in [6.07, 6.45) is 1.73. The molecule has 0 amide bonds. The van der Waals surface area contributed by atoms with Gasteiger partial charge in [0.2, 0.25) is 5.88 Å². The van der Waals surface area contributed by atoms with Crippen LogP contribution in [0.4, 0.5) is 5.82 Å². The number of ether oxygens (including phenoxy) is 1. The zero-order valence-electron chi connectivity index (χ0n) is 12.2. The minimum absolute atomic E-state index is 0.141. The molecule has 3 rings (SSSR count). The Kier molecular flexibility index (Phi) is 4.03. The average Bonchev–Trinajstić information content (AvgIpc) is 2.38. The summed E-state index contributed by atoms with van der Waals surface area (Å²) in [6, 6.07) is 2.61. The number of hydrogen-bond donors (Lipinski definition) is 1. The van der Waals surface area contributed by atoms with E-state index in [1.807, 2.05) is 19.9 Å². The van der Waals surface area contributed by atoms with Gasteiger partial charge in [-0.3, -0.25) is 4.90 Å². The molecule has 1 N–H and O–H groups in total. The highest BCUT2D eigenvalue weighted by Gasteiger charge is 2.33. The molecular formula is C14H23N5O. The molecule has 0 atom stereocenters. The SMILES string of the molecule is CC(C)Oc1cc(N2CC(N3CCNCC3)C2)ncn1. The summed E-state index contributed by atoms with van der Waals surface area (Å²) >= 11 is 0. The lowest BCUT2D eigenvalue weighted by Gasteiger charge is -2.47. The molecule has 0 radical (unpaired) electrons. The van der Waals surface area contributed by atoms with Crippen LogP contribution < -0.4 is 15.0 Å². The normalized spacial score (nSPS) is 21.1. The first kappa shape index (κ1) is 13.6. The molecule has 0 bridgehead atoms. The summed E-state index contributed by atoms with van der Waals surface area (Å²) in [5, 5.41) is 3.39. The van der Waals surface area contributed by atoms with Gasteiger partial charge in [-0.15, -0.1) is 0 Å². The van der Waals surface area contributed by atoms with E-state index < -0.39 is 0 Å². The standard InChI is InChI=1S/C14H23N5O/c1-11(2)20-14-7-13(16-10-17-14)19-8-12(9-19)18-5-3-15-4-6-18/h7,10-12,15H,3-6,8-9H2,1-2H3. The van der Waals surface area contributed by atoms with Gasteiger partial charge in [0.25, 0.3) is 0 Å². The summed E-state index contributed by atoms with van der Waals surface area (Å²) < 4.78 is 5.62. The van der Waals surface area contributed by atoms with Crippen LogP contribution in [0.1, 0.15) is 13.8 Å². The van der Waals surface area contributed by atoms with Crippen LogP contribution in [0.15, 0.2) is 12.4 Å². The van der Waals surface area contributed by atoms with Crippen molar-refractivity contribution in [3.8, 4) is 5.88 Å². The highest BCUT2D eigenvalue weighted by Crippen LogP contribution is 2.24. The number of anilines is 1. The van der Waals surface area contributed by atoms with Gasteiger partial charge >= 0.3 is 0 Å². The molecule has 0 saturated carbocycles. The highest BCUT2D eigenvalue weighted by molar-refractivity contribution is 5.44. The van der Waals surface area contributed by atoms with E-state index >= 15 is 0 Å². The fourth-order valence-corrected chi connectivity index (χ4v) is 2.73. The minimum Gasteiger partial charge on any atom is -0.475 e. The van der Waals surface area contributed by atoms with Crippen molar-refractivity contribution in [2.24, 2.45) is 0 Å². The summed E-state index contributed by atoms with van der Waals surface area (Å²) in [4.78, 5) is 13.4. The molecule has 2 aliphatic rings. The van der Waals surface area contributed by atoms with Crippen molar-refractivity contribution in [1.82, 2.24) is 20.2 Å². The number of aromatic nitrogens is 2. The summed E-state index contributed by atoms with van der Waals surface area (Å²) in [5.74, 6) is 1.64. The Balaban J connectivity index is 1.56. The molecule has 0 unspecified atom stereocenters. The molecule has 6 heteroatoms. The summed E-state index contributed by atoms with van der Waals surface area (Å²) in [5.41, 5.74) is 0. The molecule has 110 valence electrons. The van der Waals surface area contributed by atoms with Crippen molar-refractivity contribution in [2.75, 3.05) is 44.2 Å². The average molecular weight is 277 g/mol. The lowest BCUT2D eigenvalue weighted by Crippen LogP contribution is -2.63. The van der Waals surface area contributed by atoms with Gasteiger partial charge in [0.1, 0.15) is 12.1 Å². The third-order valence-electron chi connectivity index (χ3n) is 3.84. The predicted molar refractivity (Wildman–Crippen MR) is 78.2 cm³/mol. The second-order valence-electron chi connectivity index (χ2n) is 5.73. The zero-order chi connectivity index (χ0) is 13.9. The maximum Gasteiger partial charge on any atom is 0.218 e. The Morgan fingerprint density at radius 1 is 1.25 bits per heavy atom. The Hall–Kier alpha value is -1.40. The fourth-order valence-electron chi connectivity index (χ4n) is 2.73. The van der Waals surface area contributed by atoms with E-state index in [0.717, 1.165) is 45.1 Å². The molecule has 0 aromatic carbocycles. The van der Waals surface area contributed by atoms with Gasteiger partial charge in [0.05, 0.1) is 6.10 Å². The maximum absolute atomic E-state index is 5.62. The van der Waals surface area contributed by atoms with Gasteiger partial charge in [-0.05, 0) is 13.8 Å². The van der Waals surface area contributed by atoms with Crippen molar-refractivity contribution >= 4 is 5.82 Å². The van der Waals surface area contributed by atoms with Gasteiger partial charge in [0, 0.05) is 51.4 Å². The smallest absolute Gasteiger partial charge is 0.218 e. The number of hydrogen-bond acceptors (Lipinski definition) is 6. The molecule has 2 fully saturated rings. The molecule has 2 aliphatic heterocycles. The number of rotatable bonds is 4. The highest BCUT2D eigenvalue weighted by atomic mass is 16.5. The Morgan fingerprint density at radius 3 is 2.70 bits per heavy atom. The molecule has 0 spiro atoms. The third-order valence-corrected chi connectivity index (χ3v) is 3.84. The quantitative estimate of drug-likeness (QED) is 0.857. The van der Waals surface area contributed by atoms with Crippen molar-refractivity contribution < 1.29 is 4.74 Å². The number of piperazine rings is 1. The van der Waals surface area contributed by atoms with Crippen LogP contribution in [0, 0.1) is 0 Å². The predicted octanol–water partition coefficient (Wildman–Crippen LogP) is 0.358. The van der Waals surface area contributed by atoms with Crippen molar-refractivity contribution in [1.29, 1.82) is 0 Å². The van der Waals surface area contributed by atoms with Crippen LogP contribution in [-0.2, 0) is 0 Å². The molecule has 1 aromatic heterocycles. The lowest BCUT2D eigenvalue weighted by atomic mass is 10.1.